The molecule has 1 aliphatic rings. The maximum Gasteiger partial charge on any atom is 0.127 e. The van der Waals surface area contributed by atoms with Crippen molar-refractivity contribution >= 4 is 11.6 Å². The summed E-state index contributed by atoms with van der Waals surface area (Å²) in [5.41, 5.74) is 2.43. The Hall–Kier alpha value is -2.33. The molecule has 3 nitrogen and oxygen atoms in total. The van der Waals surface area contributed by atoms with Gasteiger partial charge in [-0.3, -0.25) is 4.90 Å². The largest absolute Gasteiger partial charge is 0.457 e. The van der Waals surface area contributed by atoms with Crippen LogP contribution >= 0.6 is 11.6 Å². The summed E-state index contributed by atoms with van der Waals surface area (Å²) < 4.78 is 6.08. The van der Waals surface area contributed by atoms with Crippen molar-refractivity contribution in [3.05, 3.63) is 95.0 Å². The normalized spacial score (nSPS) is 16.3. The van der Waals surface area contributed by atoms with Crippen molar-refractivity contribution in [2.24, 2.45) is 0 Å². The van der Waals surface area contributed by atoms with Crippen LogP contribution in [0.3, 0.4) is 0 Å². The van der Waals surface area contributed by atoms with Crippen LogP contribution in [0.5, 0.6) is 11.5 Å². The van der Waals surface area contributed by atoms with Crippen LogP contribution in [0.25, 0.3) is 0 Å². The van der Waals surface area contributed by atoms with Crippen LogP contribution in [-0.4, -0.2) is 31.1 Å². The summed E-state index contributed by atoms with van der Waals surface area (Å²) in [6.45, 7) is 4.11. The average Bonchev–Trinajstić information content (AvgIpc) is 2.99. The highest BCUT2D eigenvalue weighted by Crippen LogP contribution is 2.33. The fourth-order valence-electron chi connectivity index (χ4n) is 3.79. The first kappa shape index (κ1) is 19.0. The van der Waals surface area contributed by atoms with Gasteiger partial charge in [-0.1, -0.05) is 54.1 Å². The minimum Gasteiger partial charge on any atom is -0.457 e. The zero-order valence-corrected chi connectivity index (χ0v) is 16.6. The van der Waals surface area contributed by atoms with E-state index in [4.69, 9.17) is 16.3 Å². The molecule has 1 aliphatic heterocycles. The number of halogens is 1. The van der Waals surface area contributed by atoms with E-state index in [0.29, 0.717) is 0 Å². The van der Waals surface area contributed by atoms with E-state index >= 15 is 0 Å². The Morgan fingerprint density at radius 3 is 2.36 bits per heavy atom. The fraction of sp³-hybridized carbons (Fsp3) is 0.250. The first-order valence-electron chi connectivity index (χ1n) is 9.83. The Kier molecular flexibility index (Phi) is 6.27. The third-order valence-corrected chi connectivity index (χ3v) is 5.29. The molecule has 1 unspecified atom stereocenters. The van der Waals surface area contributed by atoms with Crippen LogP contribution in [0.2, 0.25) is 5.02 Å². The number of para-hydroxylation sites is 1. The highest BCUT2D eigenvalue weighted by atomic mass is 35.5. The summed E-state index contributed by atoms with van der Waals surface area (Å²) in [5, 5.41) is 4.27. The lowest BCUT2D eigenvalue weighted by Gasteiger charge is -2.31. The Bertz CT molecular complexity index is 892. The van der Waals surface area contributed by atoms with E-state index in [-0.39, 0.29) is 6.04 Å². The fourth-order valence-corrected chi connectivity index (χ4v) is 3.99. The summed E-state index contributed by atoms with van der Waals surface area (Å²) in [6.07, 6.45) is 1.14. The van der Waals surface area contributed by atoms with Crippen LogP contribution in [0.1, 0.15) is 23.6 Å². The molecule has 28 heavy (non-hydrogen) atoms. The lowest BCUT2D eigenvalue weighted by Crippen LogP contribution is -2.33. The van der Waals surface area contributed by atoms with E-state index in [9.17, 15) is 0 Å². The van der Waals surface area contributed by atoms with Gasteiger partial charge in [-0.25, -0.2) is 0 Å². The van der Waals surface area contributed by atoms with E-state index in [1.807, 2.05) is 48.5 Å². The van der Waals surface area contributed by atoms with Crippen molar-refractivity contribution in [1.29, 1.82) is 0 Å². The lowest BCUT2D eigenvalue weighted by molar-refractivity contribution is 0.241. The third kappa shape index (κ3) is 4.74. The summed E-state index contributed by atoms with van der Waals surface area (Å²) in [6, 6.07) is 26.7. The number of hydrogen-bond acceptors (Lipinski definition) is 3. The lowest BCUT2D eigenvalue weighted by atomic mass is 9.96. The number of nitrogens with one attached hydrogen (secondary N) is 1. The van der Waals surface area contributed by atoms with Crippen molar-refractivity contribution < 1.29 is 4.74 Å². The van der Waals surface area contributed by atoms with Gasteiger partial charge in [-0.05, 0) is 60.5 Å². The summed E-state index contributed by atoms with van der Waals surface area (Å²) in [5.74, 6) is 1.70. The van der Waals surface area contributed by atoms with Crippen LogP contribution in [0.4, 0.5) is 0 Å². The second-order valence-corrected chi connectivity index (χ2v) is 7.52. The molecule has 0 saturated carbocycles. The van der Waals surface area contributed by atoms with Crippen LogP contribution in [0.15, 0.2) is 78.9 Å². The van der Waals surface area contributed by atoms with E-state index < -0.39 is 0 Å². The summed E-state index contributed by atoms with van der Waals surface area (Å²) >= 11 is 6.33. The highest BCUT2D eigenvalue weighted by molar-refractivity contribution is 6.30. The molecule has 1 saturated heterocycles. The van der Waals surface area contributed by atoms with Gasteiger partial charge in [-0.2, -0.15) is 0 Å². The molecular formula is C24H25ClN2O. The Balaban J connectivity index is 1.68. The second-order valence-electron chi connectivity index (χ2n) is 7.08. The molecule has 1 heterocycles. The van der Waals surface area contributed by atoms with Crippen molar-refractivity contribution in [3.63, 3.8) is 0 Å². The second kappa shape index (κ2) is 9.24. The molecule has 0 radical (unpaired) electrons. The number of rotatable bonds is 5. The molecule has 0 aromatic heterocycles. The summed E-state index contributed by atoms with van der Waals surface area (Å²) in [4.78, 5) is 2.54. The van der Waals surface area contributed by atoms with E-state index in [2.05, 4.69) is 40.5 Å². The van der Waals surface area contributed by atoms with Gasteiger partial charge >= 0.3 is 0 Å². The summed E-state index contributed by atoms with van der Waals surface area (Å²) in [7, 11) is 0. The Morgan fingerprint density at radius 2 is 1.54 bits per heavy atom. The van der Waals surface area contributed by atoms with E-state index in [1.165, 1.54) is 11.1 Å². The molecule has 4 heteroatoms. The highest BCUT2D eigenvalue weighted by Gasteiger charge is 2.24. The molecule has 0 amide bonds. The smallest absolute Gasteiger partial charge is 0.127 e. The molecule has 1 N–H and O–H groups in total. The molecule has 3 aromatic carbocycles. The zero-order chi connectivity index (χ0) is 19.2. The molecule has 0 bridgehead atoms. The van der Waals surface area contributed by atoms with Crippen molar-refractivity contribution in [2.45, 2.75) is 12.5 Å². The molecule has 1 fully saturated rings. The quantitative estimate of drug-likeness (QED) is 0.619. The standard InChI is InChI=1S/C24H25ClN2O/c25-21-9-4-7-19(17-21)24(27-15-6-13-26-14-16-27)20-8-5-12-23(18-20)28-22-10-2-1-3-11-22/h1-5,7-12,17-18,24,26H,6,13-16H2. The minimum atomic E-state index is 0.151. The van der Waals surface area contributed by atoms with Gasteiger partial charge in [0.15, 0.2) is 0 Å². The van der Waals surface area contributed by atoms with Crippen molar-refractivity contribution in [1.82, 2.24) is 10.2 Å². The first-order valence-corrected chi connectivity index (χ1v) is 10.2. The predicted molar refractivity (Wildman–Crippen MR) is 115 cm³/mol. The Labute approximate surface area is 171 Å². The van der Waals surface area contributed by atoms with Gasteiger partial charge in [0, 0.05) is 24.7 Å². The Morgan fingerprint density at radius 1 is 0.786 bits per heavy atom. The molecule has 0 spiro atoms. The molecular weight excluding hydrogens is 368 g/mol. The van der Waals surface area contributed by atoms with Gasteiger partial charge in [-0.15, -0.1) is 0 Å². The monoisotopic (exact) mass is 392 g/mol. The molecule has 1 atom stereocenters. The van der Waals surface area contributed by atoms with Crippen LogP contribution in [-0.2, 0) is 0 Å². The van der Waals surface area contributed by atoms with Gasteiger partial charge in [0.2, 0.25) is 0 Å². The third-order valence-electron chi connectivity index (χ3n) is 5.06. The van der Waals surface area contributed by atoms with Gasteiger partial charge in [0.25, 0.3) is 0 Å². The first-order chi connectivity index (χ1) is 13.8. The van der Waals surface area contributed by atoms with Gasteiger partial charge in [0.1, 0.15) is 11.5 Å². The van der Waals surface area contributed by atoms with Crippen LogP contribution in [0, 0.1) is 0 Å². The zero-order valence-electron chi connectivity index (χ0n) is 15.9. The van der Waals surface area contributed by atoms with Crippen molar-refractivity contribution in [2.75, 3.05) is 26.2 Å². The number of ether oxygens (including phenoxy) is 1. The minimum absolute atomic E-state index is 0.151. The van der Waals surface area contributed by atoms with Crippen LogP contribution < -0.4 is 10.1 Å². The number of hydrogen-bond donors (Lipinski definition) is 1. The van der Waals surface area contributed by atoms with E-state index in [0.717, 1.165) is 49.1 Å². The maximum absolute atomic E-state index is 6.33. The molecule has 0 aliphatic carbocycles. The molecule has 4 rings (SSSR count). The number of benzene rings is 3. The van der Waals surface area contributed by atoms with Gasteiger partial charge < -0.3 is 10.1 Å². The molecule has 3 aromatic rings. The maximum atomic E-state index is 6.33. The molecule has 144 valence electrons. The number of nitrogens with zero attached hydrogens (tertiary/aromatic N) is 1. The van der Waals surface area contributed by atoms with E-state index in [1.54, 1.807) is 0 Å². The van der Waals surface area contributed by atoms with Crippen molar-refractivity contribution in [3.8, 4) is 11.5 Å². The average molecular weight is 393 g/mol. The topological polar surface area (TPSA) is 24.5 Å². The van der Waals surface area contributed by atoms with Gasteiger partial charge in [0.05, 0.1) is 6.04 Å². The SMILES string of the molecule is Clc1cccc(C(c2cccc(Oc3ccccc3)c2)N2CCCNCC2)c1. The predicted octanol–water partition coefficient (Wildman–Crippen LogP) is 5.52.